The highest BCUT2D eigenvalue weighted by Gasteiger charge is 2.28. The molecule has 3 heterocycles. The van der Waals surface area contributed by atoms with Crippen molar-refractivity contribution in [3.8, 4) is 5.95 Å². The van der Waals surface area contributed by atoms with Crippen molar-refractivity contribution < 1.29 is 0 Å². The molecule has 0 aromatic carbocycles. The molecule has 0 amide bonds. The highest BCUT2D eigenvalue weighted by atomic mass is 32.2. The number of anilines is 2. The van der Waals surface area contributed by atoms with Gasteiger partial charge in [-0.3, -0.25) is 9.99 Å². The molecule has 0 saturated carbocycles. The monoisotopic (exact) mass is 306 g/mol. The van der Waals surface area contributed by atoms with Crippen LogP contribution < -0.4 is 16.2 Å². The Morgan fingerprint density at radius 2 is 2.10 bits per heavy atom. The van der Waals surface area contributed by atoms with E-state index in [1.54, 1.807) is 23.3 Å². The number of nitrogen functional groups attached to an aromatic ring is 1. The van der Waals surface area contributed by atoms with Gasteiger partial charge in [0.1, 0.15) is 6.33 Å². The molecule has 21 heavy (non-hydrogen) atoms. The van der Waals surface area contributed by atoms with Gasteiger partial charge in [-0.15, -0.1) is 0 Å². The topological polar surface area (TPSA) is 97.8 Å². The molecular weight excluding hydrogens is 288 g/mol. The molecule has 0 radical (unpaired) electrons. The van der Waals surface area contributed by atoms with E-state index in [0.717, 1.165) is 12.3 Å². The Morgan fingerprint density at radius 1 is 1.29 bits per heavy atom. The predicted molar refractivity (Wildman–Crippen MR) is 83.5 cm³/mol. The number of hydrogen-bond donors (Lipinski definition) is 2. The van der Waals surface area contributed by atoms with Crippen LogP contribution >= 0.6 is 11.8 Å². The molecule has 0 aliphatic carbocycles. The zero-order valence-corrected chi connectivity index (χ0v) is 12.8. The number of imidazole rings is 1. The Hall–Kier alpha value is -1.87. The van der Waals surface area contributed by atoms with E-state index in [1.807, 2.05) is 11.8 Å². The molecule has 2 atom stereocenters. The molecule has 3 N–H and O–H groups in total. The molecule has 9 heteroatoms. The van der Waals surface area contributed by atoms with Crippen molar-refractivity contribution >= 4 is 23.7 Å². The summed E-state index contributed by atoms with van der Waals surface area (Å²) in [5, 5.41) is 0.529. The van der Waals surface area contributed by atoms with Crippen LogP contribution in [0.15, 0.2) is 18.7 Å². The van der Waals surface area contributed by atoms with E-state index in [1.165, 1.54) is 0 Å². The molecule has 8 nitrogen and oxygen atoms in total. The third-order valence-corrected chi connectivity index (χ3v) is 4.95. The minimum absolute atomic E-state index is 0.349. The van der Waals surface area contributed by atoms with Gasteiger partial charge in [0.2, 0.25) is 17.8 Å². The van der Waals surface area contributed by atoms with E-state index in [-0.39, 0.29) is 0 Å². The third-order valence-electron chi connectivity index (χ3n) is 3.62. The molecule has 0 bridgehead atoms. The molecule has 112 valence electrons. The lowest BCUT2D eigenvalue weighted by atomic mass is 10.2. The molecule has 1 saturated heterocycles. The van der Waals surface area contributed by atoms with Gasteiger partial charge in [0.15, 0.2) is 0 Å². The van der Waals surface area contributed by atoms with Crippen LogP contribution in [0.2, 0.25) is 0 Å². The second-order valence-electron chi connectivity index (χ2n) is 4.88. The third kappa shape index (κ3) is 2.79. The van der Waals surface area contributed by atoms with Gasteiger partial charge in [-0.2, -0.15) is 26.7 Å². The molecule has 3 rings (SSSR count). The highest BCUT2D eigenvalue weighted by Crippen LogP contribution is 2.27. The van der Waals surface area contributed by atoms with Crippen molar-refractivity contribution in [2.24, 2.45) is 5.84 Å². The number of hydrogen-bond acceptors (Lipinski definition) is 8. The summed E-state index contributed by atoms with van der Waals surface area (Å²) in [6.07, 6.45) is 5.12. The van der Waals surface area contributed by atoms with Crippen molar-refractivity contribution in [3.63, 3.8) is 0 Å². The smallest absolute Gasteiger partial charge is 0.243 e. The number of nitrogens with one attached hydrogen (secondary N) is 1. The van der Waals surface area contributed by atoms with E-state index in [2.05, 4.69) is 44.1 Å². The Labute approximate surface area is 127 Å². The number of hydrazine groups is 1. The maximum absolute atomic E-state index is 5.48. The van der Waals surface area contributed by atoms with Crippen molar-refractivity contribution in [1.82, 2.24) is 24.5 Å². The summed E-state index contributed by atoms with van der Waals surface area (Å²) < 4.78 is 1.73. The van der Waals surface area contributed by atoms with Crippen LogP contribution in [0.25, 0.3) is 5.95 Å². The fourth-order valence-electron chi connectivity index (χ4n) is 2.26. The van der Waals surface area contributed by atoms with Crippen LogP contribution in [0.5, 0.6) is 0 Å². The minimum Gasteiger partial charge on any atom is -0.336 e. The average molecular weight is 306 g/mol. The van der Waals surface area contributed by atoms with Gasteiger partial charge in [0, 0.05) is 36.0 Å². The van der Waals surface area contributed by atoms with Gasteiger partial charge < -0.3 is 4.90 Å². The Kier molecular flexibility index (Phi) is 3.93. The summed E-state index contributed by atoms with van der Waals surface area (Å²) >= 11 is 1.97. The van der Waals surface area contributed by atoms with Gasteiger partial charge in [0.05, 0.1) is 0 Å². The van der Waals surface area contributed by atoms with Crippen LogP contribution in [0, 0.1) is 0 Å². The molecule has 1 aliphatic heterocycles. The van der Waals surface area contributed by atoms with Gasteiger partial charge in [0.25, 0.3) is 0 Å². The summed E-state index contributed by atoms with van der Waals surface area (Å²) in [4.78, 5) is 19.4. The first-order valence-corrected chi connectivity index (χ1v) is 7.83. The first kappa shape index (κ1) is 14.1. The standard InChI is InChI=1S/C12H18N8S/c1-8-9(2)21-6-5-20(8)12-16-10(18-13)15-11(17-12)19-4-3-14-7-19/h3-4,7-9H,5-6,13H2,1-2H3,(H,15,16,17,18). The number of thioether (sulfide) groups is 1. The van der Waals surface area contributed by atoms with E-state index in [0.29, 0.717) is 29.1 Å². The van der Waals surface area contributed by atoms with E-state index >= 15 is 0 Å². The van der Waals surface area contributed by atoms with E-state index in [4.69, 9.17) is 5.84 Å². The largest absolute Gasteiger partial charge is 0.336 e. The molecule has 2 unspecified atom stereocenters. The molecule has 1 fully saturated rings. The Morgan fingerprint density at radius 3 is 2.81 bits per heavy atom. The van der Waals surface area contributed by atoms with E-state index in [9.17, 15) is 0 Å². The summed E-state index contributed by atoms with van der Waals surface area (Å²) in [5.41, 5.74) is 2.51. The molecule has 2 aromatic heterocycles. The van der Waals surface area contributed by atoms with Crippen molar-refractivity contribution in [2.45, 2.75) is 25.1 Å². The summed E-state index contributed by atoms with van der Waals surface area (Å²) in [6.45, 7) is 5.32. The first-order valence-electron chi connectivity index (χ1n) is 6.78. The number of nitrogens with two attached hydrogens (primary N) is 1. The second kappa shape index (κ2) is 5.86. The van der Waals surface area contributed by atoms with E-state index < -0.39 is 0 Å². The van der Waals surface area contributed by atoms with Gasteiger partial charge in [-0.25, -0.2) is 10.8 Å². The first-order chi connectivity index (χ1) is 10.2. The summed E-state index contributed by atoms with van der Waals surface area (Å²) in [5.74, 6) is 8.03. The van der Waals surface area contributed by atoms with Crippen LogP contribution in [0.1, 0.15) is 13.8 Å². The average Bonchev–Trinajstić information content (AvgIpc) is 3.04. The highest BCUT2D eigenvalue weighted by molar-refractivity contribution is 8.00. The maximum atomic E-state index is 5.48. The minimum atomic E-state index is 0.349. The zero-order chi connectivity index (χ0) is 14.8. The molecule has 0 spiro atoms. The van der Waals surface area contributed by atoms with Crippen molar-refractivity contribution in [1.29, 1.82) is 0 Å². The second-order valence-corrected chi connectivity index (χ2v) is 6.37. The van der Waals surface area contributed by atoms with Gasteiger partial charge in [-0.1, -0.05) is 6.92 Å². The Bertz CT molecular complexity index is 601. The number of rotatable bonds is 3. The van der Waals surface area contributed by atoms with Crippen molar-refractivity contribution in [3.05, 3.63) is 18.7 Å². The fraction of sp³-hybridized carbons (Fsp3) is 0.500. The normalized spacial score (nSPS) is 22.3. The summed E-state index contributed by atoms with van der Waals surface area (Å²) in [7, 11) is 0. The molecule has 2 aromatic rings. The zero-order valence-electron chi connectivity index (χ0n) is 12.0. The predicted octanol–water partition coefficient (Wildman–Crippen LogP) is 0.673. The molecule has 1 aliphatic rings. The van der Waals surface area contributed by atoms with Crippen LogP contribution in [0.4, 0.5) is 11.9 Å². The number of nitrogens with zero attached hydrogens (tertiary/aromatic N) is 6. The lowest BCUT2D eigenvalue weighted by Gasteiger charge is -2.37. The van der Waals surface area contributed by atoms with Crippen LogP contribution in [0.3, 0.4) is 0 Å². The summed E-state index contributed by atoms with van der Waals surface area (Å²) in [6, 6.07) is 0.354. The maximum Gasteiger partial charge on any atom is 0.243 e. The van der Waals surface area contributed by atoms with Crippen LogP contribution in [-0.4, -0.2) is 48.1 Å². The lowest BCUT2D eigenvalue weighted by Crippen LogP contribution is -2.45. The fourth-order valence-corrected chi connectivity index (χ4v) is 3.35. The van der Waals surface area contributed by atoms with Crippen molar-refractivity contribution in [2.75, 3.05) is 22.6 Å². The Balaban J connectivity index is 1.99. The van der Waals surface area contributed by atoms with Gasteiger partial charge >= 0.3 is 0 Å². The van der Waals surface area contributed by atoms with Crippen LogP contribution in [-0.2, 0) is 0 Å². The quantitative estimate of drug-likeness (QED) is 0.631. The number of aromatic nitrogens is 5. The lowest BCUT2D eigenvalue weighted by molar-refractivity contribution is 0.609. The SMILES string of the molecule is CC1SCCN(c2nc(NN)nc(-n3ccnc3)n2)C1C. The molecular formula is C12H18N8S. The van der Waals surface area contributed by atoms with Gasteiger partial charge in [-0.05, 0) is 6.92 Å².